The van der Waals surface area contributed by atoms with E-state index in [0.29, 0.717) is 12.6 Å². The van der Waals surface area contributed by atoms with Crippen molar-refractivity contribution in [1.29, 1.82) is 0 Å². The third kappa shape index (κ3) is 3.84. The molecule has 1 rings (SSSR count). The van der Waals surface area contributed by atoms with Crippen molar-refractivity contribution in [3.63, 3.8) is 0 Å². The van der Waals surface area contributed by atoms with Gasteiger partial charge in [0.1, 0.15) is 0 Å². The zero-order valence-electron chi connectivity index (χ0n) is 12.0. The molecule has 1 atom stereocenters. The number of hydrogen-bond acceptors (Lipinski definition) is 3. The number of rotatable bonds is 6. The molecule has 0 saturated carbocycles. The summed E-state index contributed by atoms with van der Waals surface area (Å²) < 4.78 is 1.92. The maximum absolute atomic E-state index is 11.9. The third-order valence-electron chi connectivity index (χ3n) is 3.02. The normalized spacial score (nSPS) is 12.8. The first kappa shape index (κ1) is 14.7. The van der Waals surface area contributed by atoms with Gasteiger partial charge in [0.15, 0.2) is 0 Å². The maximum Gasteiger partial charge on any atom is 0.239 e. The molecule has 18 heavy (non-hydrogen) atoms. The SMILES string of the molecule is CCN(C)C(=O)C(C)NCc1cnn(C(C)C)c1. The lowest BCUT2D eigenvalue weighted by atomic mass is 10.2. The van der Waals surface area contributed by atoms with Gasteiger partial charge >= 0.3 is 0 Å². The highest BCUT2D eigenvalue weighted by molar-refractivity contribution is 5.81. The Balaban J connectivity index is 2.46. The quantitative estimate of drug-likeness (QED) is 0.833. The zero-order valence-corrected chi connectivity index (χ0v) is 12.0. The predicted octanol–water partition coefficient (Wildman–Crippen LogP) is 1.42. The summed E-state index contributed by atoms with van der Waals surface area (Å²) in [6, 6.07) is 0.196. The molecule has 0 radical (unpaired) electrons. The second-order valence-electron chi connectivity index (χ2n) is 4.88. The molecule has 5 nitrogen and oxygen atoms in total. The van der Waals surface area contributed by atoms with Crippen LogP contribution in [0.2, 0.25) is 0 Å². The molecule has 5 heteroatoms. The number of aromatic nitrogens is 2. The number of nitrogens with one attached hydrogen (secondary N) is 1. The van der Waals surface area contributed by atoms with Crippen molar-refractivity contribution in [1.82, 2.24) is 20.0 Å². The Bertz CT molecular complexity index is 386. The minimum absolute atomic E-state index is 0.119. The van der Waals surface area contributed by atoms with Gasteiger partial charge in [0, 0.05) is 37.9 Å². The first-order valence-corrected chi connectivity index (χ1v) is 6.47. The lowest BCUT2D eigenvalue weighted by Gasteiger charge is -2.20. The van der Waals surface area contributed by atoms with E-state index in [1.54, 1.807) is 4.90 Å². The van der Waals surface area contributed by atoms with Gasteiger partial charge < -0.3 is 10.2 Å². The van der Waals surface area contributed by atoms with E-state index in [2.05, 4.69) is 24.3 Å². The van der Waals surface area contributed by atoms with Gasteiger partial charge in [-0.15, -0.1) is 0 Å². The van der Waals surface area contributed by atoms with Gasteiger partial charge in [-0.25, -0.2) is 0 Å². The summed E-state index contributed by atoms with van der Waals surface area (Å²) in [6.07, 6.45) is 3.85. The Hall–Kier alpha value is -1.36. The summed E-state index contributed by atoms with van der Waals surface area (Å²) in [4.78, 5) is 13.6. The minimum Gasteiger partial charge on any atom is -0.345 e. The molecule has 0 aliphatic carbocycles. The van der Waals surface area contributed by atoms with Crippen LogP contribution in [-0.4, -0.2) is 40.2 Å². The smallest absolute Gasteiger partial charge is 0.239 e. The molecule has 1 N–H and O–H groups in total. The molecule has 0 spiro atoms. The Morgan fingerprint density at radius 2 is 2.17 bits per heavy atom. The van der Waals surface area contributed by atoms with Crippen LogP contribution >= 0.6 is 0 Å². The minimum atomic E-state index is -0.169. The molecule has 0 bridgehead atoms. The van der Waals surface area contributed by atoms with Crippen LogP contribution in [0.15, 0.2) is 12.4 Å². The lowest BCUT2D eigenvalue weighted by Crippen LogP contribution is -2.42. The first-order chi connectivity index (χ1) is 8.45. The fourth-order valence-electron chi connectivity index (χ4n) is 1.60. The van der Waals surface area contributed by atoms with Crippen LogP contribution in [0.3, 0.4) is 0 Å². The number of nitrogens with zero attached hydrogens (tertiary/aromatic N) is 3. The Morgan fingerprint density at radius 3 is 2.67 bits per heavy atom. The third-order valence-corrected chi connectivity index (χ3v) is 3.02. The topological polar surface area (TPSA) is 50.2 Å². The summed E-state index contributed by atoms with van der Waals surface area (Å²) >= 11 is 0. The predicted molar refractivity (Wildman–Crippen MR) is 72.2 cm³/mol. The van der Waals surface area contributed by atoms with Crippen LogP contribution in [0.4, 0.5) is 0 Å². The number of carbonyl (C=O) groups excluding carboxylic acids is 1. The highest BCUT2D eigenvalue weighted by Gasteiger charge is 2.15. The van der Waals surface area contributed by atoms with Gasteiger partial charge in [-0.3, -0.25) is 9.48 Å². The molecule has 1 unspecified atom stereocenters. The molecular formula is C13H24N4O. The fraction of sp³-hybridized carbons (Fsp3) is 0.692. The highest BCUT2D eigenvalue weighted by atomic mass is 16.2. The van der Waals surface area contributed by atoms with Crippen LogP contribution in [0.25, 0.3) is 0 Å². The molecule has 0 aliphatic heterocycles. The lowest BCUT2D eigenvalue weighted by molar-refractivity contribution is -0.131. The molecule has 0 aromatic carbocycles. The van der Waals surface area contributed by atoms with Crippen LogP contribution in [0, 0.1) is 0 Å². The summed E-state index contributed by atoms with van der Waals surface area (Å²) in [5.41, 5.74) is 1.10. The van der Waals surface area contributed by atoms with Crippen LogP contribution in [0.1, 0.15) is 39.3 Å². The molecule has 0 saturated heterocycles. The Morgan fingerprint density at radius 1 is 1.50 bits per heavy atom. The van der Waals surface area contributed by atoms with Crippen LogP contribution in [0.5, 0.6) is 0 Å². The van der Waals surface area contributed by atoms with Crippen molar-refractivity contribution < 1.29 is 4.79 Å². The van der Waals surface area contributed by atoms with E-state index >= 15 is 0 Å². The van der Waals surface area contributed by atoms with Crippen LogP contribution in [-0.2, 0) is 11.3 Å². The van der Waals surface area contributed by atoms with E-state index in [-0.39, 0.29) is 11.9 Å². The molecule has 102 valence electrons. The van der Waals surface area contributed by atoms with Crippen molar-refractivity contribution >= 4 is 5.91 Å². The van der Waals surface area contributed by atoms with Gasteiger partial charge in [0.25, 0.3) is 0 Å². The largest absolute Gasteiger partial charge is 0.345 e. The van der Waals surface area contributed by atoms with E-state index in [4.69, 9.17) is 0 Å². The molecule has 1 aromatic rings. The Labute approximate surface area is 109 Å². The van der Waals surface area contributed by atoms with Crippen molar-refractivity contribution in [3.05, 3.63) is 18.0 Å². The zero-order chi connectivity index (χ0) is 13.7. The molecule has 0 aliphatic rings. The number of likely N-dealkylation sites (N-methyl/N-ethyl adjacent to an activating group) is 1. The Kier molecular flexibility index (Phi) is 5.34. The van der Waals surface area contributed by atoms with E-state index in [9.17, 15) is 4.79 Å². The summed E-state index contributed by atoms with van der Waals surface area (Å²) in [5.74, 6) is 0.119. The van der Waals surface area contributed by atoms with E-state index in [0.717, 1.165) is 12.1 Å². The summed E-state index contributed by atoms with van der Waals surface area (Å²) in [6.45, 7) is 9.44. The summed E-state index contributed by atoms with van der Waals surface area (Å²) in [7, 11) is 1.82. The molecular weight excluding hydrogens is 228 g/mol. The molecule has 0 fully saturated rings. The molecule has 1 heterocycles. The fourth-order valence-corrected chi connectivity index (χ4v) is 1.60. The molecule has 1 amide bonds. The average Bonchev–Trinajstić information content (AvgIpc) is 2.82. The van der Waals surface area contributed by atoms with E-state index in [1.165, 1.54) is 0 Å². The van der Waals surface area contributed by atoms with Gasteiger partial charge in [-0.2, -0.15) is 5.10 Å². The van der Waals surface area contributed by atoms with Crippen molar-refractivity contribution in [2.45, 2.75) is 46.3 Å². The average molecular weight is 252 g/mol. The standard InChI is InChI=1S/C13H24N4O/c1-6-16(5)13(18)11(4)14-7-12-8-15-17(9-12)10(2)3/h8-11,14H,6-7H2,1-5H3. The van der Waals surface area contributed by atoms with Crippen LogP contribution < -0.4 is 5.32 Å². The second kappa shape index (κ2) is 6.54. The van der Waals surface area contributed by atoms with Gasteiger partial charge in [0.05, 0.1) is 12.2 Å². The summed E-state index contributed by atoms with van der Waals surface area (Å²) in [5, 5.41) is 7.49. The van der Waals surface area contributed by atoms with Gasteiger partial charge in [0.2, 0.25) is 5.91 Å². The highest BCUT2D eigenvalue weighted by Crippen LogP contribution is 2.05. The number of amides is 1. The number of hydrogen-bond donors (Lipinski definition) is 1. The van der Waals surface area contributed by atoms with Gasteiger partial charge in [-0.1, -0.05) is 0 Å². The molecule has 1 aromatic heterocycles. The van der Waals surface area contributed by atoms with Crippen molar-refractivity contribution in [2.75, 3.05) is 13.6 Å². The second-order valence-corrected chi connectivity index (χ2v) is 4.88. The van der Waals surface area contributed by atoms with E-state index < -0.39 is 0 Å². The van der Waals surface area contributed by atoms with Crippen molar-refractivity contribution in [2.24, 2.45) is 0 Å². The van der Waals surface area contributed by atoms with Crippen molar-refractivity contribution in [3.8, 4) is 0 Å². The monoisotopic (exact) mass is 252 g/mol. The first-order valence-electron chi connectivity index (χ1n) is 6.47. The van der Waals surface area contributed by atoms with Gasteiger partial charge in [-0.05, 0) is 27.7 Å². The maximum atomic E-state index is 11.9. The van der Waals surface area contributed by atoms with E-state index in [1.807, 2.05) is 38.0 Å². The number of carbonyl (C=O) groups is 1.